The Morgan fingerprint density at radius 2 is 1.79 bits per heavy atom. The Morgan fingerprint density at radius 3 is 2.45 bits per heavy atom. The summed E-state index contributed by atoms with van der Waals surface area (Å²) in [5.41, 5.74) is 10.9. The number of nitrogens with two attached hydrogens (primary N) is 1. The van der Waals surface area contributed by atoms with Crippen molar-refractivity contribution in [3.8, 4) is 11.4 Å². The lowest BCUT2D eigenvalue weighted by Crippen LogP contribution is -2.25. The Morgan fingerprint density at radius 1 is 1.11 bits per heavy atom. The Kier molecular flexibility index (Phi) is 8.85. The van der Waals surface area contributed by atoms with E-state index in [0.717, 1.165) is 38.5 Å². The van der Waals surface area contributed by atoms with Gasteiger partial charge in [0, 0.05) is 16.6 Å². The quantitative estimate of drug-likeness (QED) is 0.216. The highest BCUT2D eigenvalue weighted by Gasteiger charge is 2.27. The first-order valence-electron chi connectivity index (χ1n) is 12.7. The van der Waals surface area contributed by atoms with Crippen LogP contribution in [-0.4, -0.2) is 33.3 Å². The van der Waals surface area contributed by atoms with Crippen LogP contribution < -0.4 is 16.6 Å². The molecule has 1 aliphatic rings. The van der Waals surface area contributed by atoms with Gasteiger partial charge < -0.3 is 25.5 Å². The summed E-state index contributed by atoms with van der Waals surface area (Å²) >= 11 is 0. The van der Waals surface area contributed by atoms with Crippen molar-refractivity contribution < 1.29 is 19.4 Å². The number of nitrogens with zero attached hydrogens (tertiary/aromatic N) is 2. The number of rotatable bonds is 4. The van der Waals surface area contributed by atoms with Gasteiger partial charge in [0.15, 0.2) is 0 Å². The lowest BCUT2D eigenvalue weighted by molar-refractivity contribution is -0.114. The number of hydrogen-bond donors (Lipinski definition) is 3. The summed E-state index contributed by atoms with van der Waals surface area (Å²) in [6.07, 6.45) is -1.43. The molecule has 0 bridgehead atoms. The lowest BCUT2D eigenvalue weighted by atomic mass is 9.96. The first kappa shape index (κ1) is 28.3. The second-order valence-electron chi connectivity index (χ2n) is 8.35. The van der Waals surface area contributed by atoms with E-state index < -0.39 is 6.16 Å². The van der Waals surface area contributed by atoms with Crippen LogP contribution in [0.4, 0.5) is 10.5 Å². The molecule has 38 heavy (non-hydrogen) atoms. The standard InChI is InChI=1S/C25H22N4O5.2C2H6/c1-12-7-20-23-17(10-29(20)24(31)18(12)11-34-25(32)33)13(2)22-16-8-15(27-21(30)9-26)5-3-14(16)4-6-19(22)28-23;2*1-2/h3-8H,9-11,26H2,1-2H3,(H,27,30)(H,32,33);2*1-2H3. The van der Waals surface area contributed by atoms with E-state index in [4.69, 9.17) is 15.8 Å². The summed E-state index contributed by atoms with van der Waals surface area (Å²) in [5.74, 6) is -0.275. The number of amides is 1. The third-order valence-corrected chi connectivity index (χ3v) is 6.34. The monoisotopic (exact) mass is 518 g/mol. The third-order valence-electron chi connectivity index (χ3n) is 6.34. The number of fused-ring (bicyclic) bond motifs is 6. The molecule has 3 heterocycles. The number of carbonyl (C=O) groups is 2. The van der Waals surface area contributed by atoms with Gasteiger partial charge >= 0.3 is 6.16 Å². The van der Waals surface area contributed by atoms with Gasteiger partial charge in [-0.25, -0.2) is 9.78 Å². The van der Waals surface area contributed by atoms with Crippen molar-refractivity contribution in [3.05, 3.63) is 69.0 Å². The molecule has 1 amide bonds. The molecule has 1 aliphatic heterocycles. The van der Waals surface area contributed by atoms with Crippen molar-refractivity contribution in [2.45, 2.75) is 54.7 Å². The molecule has 0 radical (unpaired) electrons. The fraction of sp³-hybridized carbons (Fsp3) is 0.310. The van der Waals surface area contributed by atoms with E-state index >= 15 is 0 Å². The van der Waals surface area contributed by atoms with E-state index in [9.17, 15) is 14.4 Å². The number of pyridine rings is 2. The molecule has 0 spiro atoms. The second-order valence-corrected chi connectivity index (χ2v) is 8.35. The number of ether oxygens (including phenoxy) is 1. The van der Waals surface area contributed by atoms with Gasteiger partial charge in [0.1, 0.15) is 6.61 Å². The fourth-order valence-corrected chi connectivity index (χ4v) is 4.64. The van der Waals surface area contributed by atoms with Crippen LogP contribution >= 0.6 is 0 Å². The highest BCUT2D eigenvalue weighted by atomic mass is 16.7. The van der Waals surface area contributed by atoms with E-state index in [0.29, 0.717) is 29.1 Å². The molecule has 0 saturated carbocycles. The van der Waals surface area contributed by atoms with Crippen LogP contribution in [0.1, 0.15) is 49.9 Å². The zero-order valence-corrected chi connectivity index (χ0v) is 22.6. The first-order chi connectivity index (χ1) is 18.3. The number of carbonyl (C=O) groups excluding carboxylic acids is 1. The van der Waals surface area contributed by atoms with Crippen LogP contribution in [0.5, 0.6) is 0 Å². The number of nitrogens with one attached hydrogen (secondary N) is 1. The highest BCUT2D eigenvalue weighted by molar-refractivity contribution is 6.10. The van der Waals surface area contributed by atoms with Crippen LogP contribution in [0.25, 0.3) is 33.1 Å². The average molecular weight is 519 g/mol. The number of hydrogen-bond acceptors (Lipinski definition) is 6. The Balaban J connectivity index is 0.000000956. The molecule has 0 unspecified atom stereocenters. The van der Waals surface area contributed by atoms with Crippen molar-refractivity contribution in [1.29, 1.82) is 0 Å². The van der Waals surface area contributed by atoms with Gasteiger partial charge in [-0.2, -0.15) is 0 Å². The molecule has 0 aliphatic carbocycles. The Labute approximate surface area is 221 Å². The van der Waals surface area contributed by atoms with Crippen molar-refractivity contribution in [2.75, 3.05) is 11.9 Å². The maximum atomic E-state index is 13.2. The predicted molar refractivity (Wildman–Crippen MR) is 151 cm³/mol. The molecule has 0 saturated heterocycles. The van der Waals surface area contributed by atoms with Crippen molar-refractivity contribution in [2.24, 2.45) is 5.73 Å². The third kappa shape index (κ3) is 5.10. The SMILES string of the molecule is CC.CC.Cc1cc2n(c(=O)c1COC(=O)O)Cc1c-2nc2ccc3ccc(NC(=O)CN)cc3c2c1C. The van der Waals surface area contributed by atoms with Gasteiger partial charge in [-0.1, -0.05) is 39.8 Å². The van der Waals surface area contributed by atoms with E-state index in [1.807, 2.05) is 71.0 Å². The summed E-state index contributed by atoms with van der Waals surface area (Å²) < 4.78 is 6.28. The topological polar surface area (TPSA) is 137 Å². The van der Waals surface area contributed by atoms with Gasteiger partial charge in [0.05, 0.1) is 35.6 Å². The lowest BCUT2D eigenvalue weighted by Gasteiger charge is -2.12. The minimum absolute atomic E-state index is 0.104. The number of aryl methyl sites for hydroxylation is 2. The largest absolute Gasteiger partial charge is 0.506 e. The van der Waals surface area contributed by atoms with E-state index in [2.05, 4.69) is 10.1 Å². The first-order valence-corrected chi connectivity index (χ1v) is 12.7. The number of benzene rings is 2. The second kappa shape index (κ2) is 11.9. The summed E-state index contributed by atoms with van der Waals surface area (Å²) in [6.45, 7) is 11.7. The molecule has 9 nitrogen and oxygen atoms in total. The minimum Gasteiger partial charge on any atom is -0.450 e. The van der Waals surface area contributed by atoms with Gasteiger partial charge in [0.2, 0.25) is 5.91 Å². The molecule has 2 aromatic heterocycles. The van der Waals surface area contributed by atoms with E-state index in [-0.39, 0.29) is 24.6 Å². The average Bonchev–Trinajstić information content (AvgIpc) is 3.29. The van der Waals surface area contributed by atoms with Gasteiger partial charge in [-0.05, 0) is 60.0 Å². The maximum Gasteiger partial charge on any atom is 0.506 e. The van der Waals surface area contributed by atoms with Gasteiger partial charge in [0.25, 0.3) is 5.56 Å². The van der Waals surface area contributed by atoms with Crippen LogP contribution in [-0.2, 0) is 22.7 Å². The van der Waals surface area contributed by atoms with Crippen molar-refractivity contribution >= 4 is 39.4 Å². The Hall–Kier alpha value is -4.24. The van der Waals surface area contributed by atoms with Crippen LogP contribution in [0.3, 0.4) is 0 Å². The molecule has 0 atom stereocenters. The minimum atomic E-state index is -1.43. The summed E-state index contributed by atoms with van der Waals surface area (Å²) in [7, 11) is 0. The normalized spacial score (nSPS) is 11.0. The van der Waals surface area contributed by atoms with Gasteiger partial charge in [-0.3, -0.25) is 9.59 Å². The maximum absolute atomic E-state index is 13.2. The molecule has 9 heteroatoms. The fourth-order valence-electron chi connectivity index (χ4n) is 4.64. The summed E-state index contributed by atoms with van der Waals surface area (Å²) in [6, 6.07) is 11.5. The zero-order chi connectivity index (χ0) is 28.1. The molecule has 0 fully saturated rings. The van der Waals surface area contributed by atoms with E-state index in [1.54, 1.807) is 11.5 Å². The Bertz CT molecular complexity index is 1590. The number of anilines is 1. The molecule has 4 aromatic rings. The smallest absolute Gasteiger partial charge is 0.450 e. The van der Waals surface area contributed by atoms with Crippen LogP contribution in [0.2, 0.25) is 0 Å². The van der Waals surface area contributed by atoms with E-state index in [1.165, 1.54) is 0 Å². The summed E-state index contributed by atoms with van der Waals surface area (Å²) in [5, 5.41) is 14.5. The van der Waals surface area contributed by atoms with Crippen molar-refractivity contribution in [3.63, 3.8) is 0 Å². The molecule has 2 aromatic carbocycles. The van der Waals surface area contributed by atoms with Crippen molar-refractivity contribution in [1.82, 2.24) is 9.55 Å². The summed E-state index contributed by atoms with van der Waals surface area (Å²) in [4.78, 5) is 40.7. The molecular weight excluding hydrogens is 484 g/mol. The predicted octanol–water partition coefficient (Wildman–Crippen LogP) is 5.34. The van der Waals surface area contributed by atoms with Crippen LogP contribution in [0.15, 0.2) is 41.2 Å². The number of carboxylic acid groups (broad SMARTS) is 1. The molecule has 200 valence electrons. The van der Waals surface area contributed by atoms with Crippen LogP contribution in [0, 0.1) is 13.8 Å². The zero-order valence-electron chi connectivity index (χ0n) is 22.6. The molecular formula is C29H34N4O5. The van der Waals surface area contributed by atoms with Gasteiger partial charge in [-0.15, -0.1) is 0 Å². The molecule has 5 rings (SSSR count). The highest BCUT2D eigenvalue weighted by Crippen LogP contribution is 2.38. The molecule has 4 N–H and O–H groups in total. The number of aromatic nitrogens is 2.